The smallest absolute Gasteiger partial charge is 0.0910 e. The molecule has 0 saturated heterocycles. The average Bonchev–Trinajstić information content (AvgIpc) is 2.57. The van der Waals surface area contributed by atoms with E-state index in [2.05, 4.69) is 36.0 Å². The summed E-state index contributed by atoms with van der Waals surface area (Å²) < 4.78 is 0. The van der Waals surface area contributed by atoms with Gasteiger partial charge in [-0.3, -0.25) is 4.99 Å². The Morgan fingerprint density at radius 3 is 2.52 bits per heavy atom. The Hall–Kier alpha value is -2.13. The van der Waals surface area contributed by atoms with E-state index in [1.165, 1.54) is 0 Å². The number of hydrogen-bond donors (Lipinski definition) is 0. The fraction of sp³-hybridized carbons (Fsp3) is 0.263. The van der Waals surface area contributed by atoms with Crippen molar-refractivity contribution in [2.75, 3.05) is 20.6 Å². The van der Waals surface area contributed by atoms with Gasteiger partial charge in [0.25, 0.3) is 0 Å². The summed E-state index contributed by atoms with van der Waals surface area (Å²) in [4.78, 5) is 10.9. The van der Waals surface area contributed by atoms with E-state index >= 15 is 0 Å². The van der Waals surface area contributed by atoms with Crippen LogP contribution in [0.3, 0.4) is 0 Å². The van der Waals surface area contributed by atoms with Crippen molar-refractivity contribution < 1.29 is 0 Å². The summed E-state index contributed by atoms with van der Waals surface area (Å²) in [5.74, 6) is 0. The van der Waals surface area contributed by atoms with Crippen LogP contribution in [-0.4, -0.2) is 37.6 Å². The number of rotatable bonds is 5. The molecule has 0 N–H and O–H groups in total. The van der Waals surface area contributed by atoms with Gasteiger partial charge in [-0.1, -0.05) is 41.9 Å². The van der Waals surface area contributed by atoms with Gasteiger partial charge in [0.1, 0.15) is 0 Å². The molecule has 23 heavy (non-hydrogen) atoms. The van der Waals surface area contributed by atoms with Crippen molar-refractivity contribution in [2.24, 2.45) is 9.98 Å². The monoisotopic (exact) mass is 327 g/mol. The molecular formula is C19H22ClN3. The van der Waals surface area contributed by atoms with E-state index in [4.69, 9.17) is 11.6 Å². The molecule has 120 valence electrons. The summed E-state index contributed by atoms with van der Waals surface area (Å²) >= 11 is 6.43. The summed E-state index contributed by atoms with van der Waals surface area (Å²) in [5, 5.41) is 0.628. The fourth-order valence-electron chi connectivity index (χ4n) is 2.26. The van der Waals surface area contributed by atoms with Crippen LogP contribution in [0.15, 0.2) is 52.4 Å². The number of benzene rings is 2. The van der Waals surface area contributed by atoms with Gasteiger partial charge in [0, 0.05) is 31.8 Å². The molecule has 0 fully saturated rings. The molecule has 0 bridgehead atoms. The first-order valence-corrected chi connectivity index (χ1v) is 8.01. The molecule has 0 amide bonds. The van der Waals surface area contributed by atoms with Gasteiger partial charge in [-0.15, -0.1) is 0 Å². The Labute approximate surface area is 143 Å². The zero-order chi connectivity index (χ0) is 16.8. The molecule has 0 spiro atoms. The molecule has 0 aromatic heterocycles. The van der Waals surface area contributed by atoms with Gasteiger partial charge in [0.05, 0.1) is 22.8 Å². The predicted octanol–water partition coefficient (Wildman–Crippen LogP) is 4.73. The second-order valence-corrected chi connectivity index (χ2v) is 5.78. The van der Waals surface area contributed by atoms with E-state index in [1.54, 1.807) is 13.4 Å². The molecule has 0 atom stereocenters. The van der Waals surface area contributed by atoms with Gasteiger partial charge in [0.15, 0.2) is 0 Å². The van der Waals surface area contributed by atoms with Crippen LogP contribution in [0.2, 0.25) is 5.02 Å². The summed E-state index contributed by atoms with van der Waals surface area (Å²) in [6.07, 6.45) is 1.80. The summed E-state index contributed by atoms with van der Waals surface area (Å²) in [6, 6.07) is 14.1. The maximum atomic E-state index is 6.43. The third-order valence-electron chi connectivity index (χ3n) is 3.71. The maximum Gasteiger partial charge on any atom is 0.0910 e. The Bertz CT molecular complexity index is 721. The van der Waals surface area contributed by atoms with Crippen molar-refractivity contribution in [1.29, 1.82) is 0 Å². The van der Waals surface area contributed by atoms with Crippen molar-refractivity contribution in [1.82, 2.24) is 4.90 Å². The number of nitrogens with zero attached hydrogens (tertiary/aromatic N) is 3. The van der Waals surface area contributed by atoms with E-state index in [0.29, 0.717) is 5.02 Å². The molecular weight excluding hydrogens is 306 g/mol. The quantitative estimate of drug-likeness (QED) is 0.576. The number of aryl methyl sites for hydroxylation is 1. The fourth-order valence-corrected chi connectivity index (χ4v) is 2.48. The Morgan fingerprint density at radius 1 is 1.22 bits per heavy atom. The highest BCUT2D eigenvalue weighted by atomic mass is 35.5. The second-order valence-electron chi connectivity index (χ2n) is 5.37. The largest absolute Gasteiger partial charge is 0.366 e. The van der Waals surface area contributed by atoms with Crippen molar-refractivity contribution in [2.45, 2.75) is 13.8 Å². The number of aliphatic imine (C=N–C) groups is 2. The minimum Gasteiger partial charge on any atom is -0.366 e. The third-order valence-corrected chi connectivity index (χ3v) is 4.02. The maximum absolute atomic E-state index is 6.43. The van der Waals surface area contributed by atoms with Gasteiger partial charge < -0.3 is 4.90 Å². The lowest BCUT2D eigenvalue weighted by Crippen LogP contribution is -2.14. The first-order chi connectivity index (χ1) is 11.1. The molecule has 0 aliphatic rings. The van der Waals surface area contributed by atoms with E-state index in [9.17, 15) is 0 Å². The van der Waals surface area contributed by atoms with Crippen LogP contribution in [0.4, 0.5) is 5.69 Å². The number of halogens is 1. The molecule has 2 rings (SSSR count). The molecule has 0 unspecified atom stereocenters. The summed E-state index contributed by atoms with van der Waals surface area (Å²) in [5.41, 5.74) is 4.93. The average molecular weight is 328 g/mol. The van der Waals surface area contributed by atoms with E-state index in [-0.39, 0.29) is 0 Å². The van der Waals surface area contributed by atoms with Crippen molar-refractivity contribution in [3.8, 4) is 0 Å². The van der Waals surface area contributed by atoms with Crippen molar-refractivity contribution >= 4 is 29.3 Å². The minimum absolute atomic E-state index is 0.628. The standard InChI is InChI=1S/C19H22ClN3/c1-5-23(4)13-22-18-11-14(2)16(12-17(18)20)19(21-3)15-9-7-6-8-10-15/h6-13H,5H2,1-4H3/b21-19+,22-13-. The van der Waals surface area contributed by atoms with Gasteiger partial charge in [-0.2, -0.15) is 0 Å². The van der Waals surface area contributed by atoms with Crippen LogP contribution in [-0.2, 0) is 0 Å². The summed E-state index contributed by atoms with van der Waals surface area (Å²) in [6.45, 7) is 5.03. The Balaban J connectivity index is 2.42. The Morgan fingerprint density at radius 2 is 1.91 bits per heavy atom. The lowest BCUT2D eigenvalue weighted by Gasteiger charge is -2.13. The Kier molecular flexibility index (Phi) is 5.94. The molecule has 0 saturated carbocycles. The van der Waals surface area contributed by atoms with Crippen LogP contribution < -0.4 is 0 Å². The van der Waals surface area contributed by atoms with E-state index in [1.807, 2.05) is 42.3 Å². The molecule has 2 aromatic rings. The first-order valence-electron chi connectivity index (χ1n) is 7.64. The topological polar surface area (TPSA) is 28.0 Å². The zero-order valence-corrected chi connectivity index (χ0v) is 14.8. The molecule has 0 heterocycles. The van der Waals surface area contributed by atoms with Crippen LogP contribution in [0.1, 0.15) is 23.6 Å². The predicted molar refractivity (Wildman–Crippen MR) is 101 cm³/mol. The molecule has 0 radical (unpaired) electrons. The normalized spacial score (nSPS) is 12.0. The van der Waals surface area contributed by atoms with Gasteiger partial charge in [0.2, 0.25) is 0 Å². The number of hydrogen-bond acceptors (Lipinski definition) is 2. The third kappa shape index (κ3) is 4.20. The highest BCUT2D eigenvalue weighted by Gasteiger charge is 2.12. The zero-order valence-electron chi connectivity index (χ0n) is 14.0. The lowest BCUT2D eigenvalue weighted by molar-refractivity contribution is 0.552. The van der Waals surface area contributed by atoms with Gasteiger partial charge >= 0.3 is 0 Å². The van der Waals surface area contributed by atoms with Gasteiger partial charge in [-0.25, -0.2) is 4.99 Å². The minimum atomic E-state index is 0.628. The molecule has 3 nitrogen and oxygen atoms in total. The van der Waals surface area contributed by atoms with E-state index in [0.717, 1.165) is 34.6 Å². The molecule has 0 aliphatic heterocycles. The second kappa shape index (κ2) is 7.93. The molecule has 4 heteroatoms. The van der Waals surface area contributed by atoms with Crippen LogP contribution in [0.5, 0.6) is 0 Å². The molecule has 0 aliphatic carbocycles. The van der Waals surface area contributed by atoms with Crippen molar-refractivity contribution in [3.63, 3.8) is 0 Å². The van der Waals surface area contributed by atoms with Crippen molar-refractivity contribution in [3.05, 3.63) is 64.2 Å². The van der Waals surface area contributed by atoms with Gasteiger partial charge in [-0.05, 0) is 31.5 Å². The SMILES string of the molecule is CCN(C)/C=N\c1cc(C)c(/C(=N/C)c2ccccc2)cc1Cl. The molecule has 2 aromatic carbocycles. The van der Waals surface area contributed by atoms with Crippen LogP contribution in [0, 0.1) is 6.92 Å². The van der Waals surface area contributed by atoms with Crippen LogP contribution in [0.25, 0.3) is 0 Å². The first kappa shape index (κ1) is 17.2. The lowest BCUT2D eigenvalue weighted by atomic mass is 9.97. The van der Waals surface area contributed by atoms with E-state index < -0.39 is 0 Å². The van der Waals surface area contributed by atoms with Crippen LogP contribution >= 0.6 is 11.6 Å². The highest BCUT2D eigenvalue weighted by Crippen LogP contribution is 2.29. The summed E-state index contributed by atoms with van der Waals surface area (Å²) in [7, 11) is 3.79. The highest BCUT2D eigenvalue weighted by molar-refractivity contribution is 6.33.